The molecule has 0 aromatic heterocycles. The van der Waals surface area contributed by atoms with Crippen molar-refractivity contribution in [2.75, 3.05) is 0 Å². The average molecular weight is 661 g/mol. The largest absolute Gasteiger partial charge is 0.0795 e. The molecule has 0 aliphatic heterocycles. The summed E-state index contributed by atoms with van der Waals surface area (Å²) in [6, 6.07) is 55.5. The Bertz CT molecular complexity index is 2570. The van der Waals surface area contributed by atoms with Gasteiger partial charge in [-0.3, -0.25) is 0 Å². The second-order valence-electron chi connectivity index (χ2n) is 13.9. The summed E-state index contributed by atoms with van der Waals surface area (Å²) in [6.45, 7) is 0. The van der Waals surface area contributed by atoms with Gasteiger partial charge in [-0.1, -0.05) is 194 Å². The molecule has 0 bridgehead atoms. The lowest BCUT2D eigenvalue weighted by atomic mass is 9.66. The molecule has 4 aliphatic carbocycles. The summed E-state index contributed by atoms with van der Waals surface area (Å²) in [5, 5.41) is 0. The van der Waals surface area contributed by atoms with Crippen molar-refractivity contribution in [2.24, 2.45) is 5.92 Å². The highest BCUT2D eigenvalue weighted by Gasteiger charge is 2.34. The van der Waals surface area contributed by atoms with Gasteiger partial charge in [-0.05, 0) is 107 Å². The van der Waals surface area contributed by atoms with Crippen LogP contribution in [-0.2, 0) is 0 Å². The molecule has 0 heterocycles. The highest BCUT2D eigenvalue weighted by molar-refractivity contribution is 6.07. The molecular weight excluding hydrogens is 625 g/mol. The molecule has 6 aromatic rings. The van der Waals surface area contributed by atoms with E-state index in [1.165, 1.54) is 94.6 Å². The van der Waals surface area contributed by atoms with Gasteiger partial charge >= 0.3 is 0 Å². The van der Waals surface area contributed by atoms with E-state index in [4.69, 9.17) is 0 Å². The Morgan fingerprint density at radius 2 is 0.962 bits per heavy atom. The minimum Gasteiger partial charge on any atom is -0.0795 e. The topological polar surface area (TPSA) is 0 Å². The molecule has 52 heavy (non-hydrogen) atoms. The van der Waals surface area contributed by atoms with Gasteiger partial charge in [0.1, 0.15) is 0 Å². The zero-order valence-corrected chi connectivity index (χ0v) is 28.8. The average Bonchev–Trinajstić information content (AvgIpc) is 3.23. The first-order chi connectivity index (χ1) is 25.8. The van der Waals surface area contributed by atoms with Crippen LogP contribution >= 0.6 is 0 Å². The summed E-state index contributed by atoms with van der Waals surface area (Å²) in [5.74, 6) is 0.307. The van der Waals surface area contributed by atoms with Crippen LogP contribution in [0.2, 0.25) is 0 Å². The van der Waals surface area contributed by atoms with Gasteiger partial charge in [0.25, 0.3) is 0 Å². The molecule has 0 saturated carbocycles. The maximum atomic E-state index is 2.46. The molecule has 0 saturated heterocycles. The van der Waals surface area contributed by atoms with Crippen LogP contribution in [0.4, 0.5) is 0 Å². The van der Waals surface area contributed by atoms with Gasteiger partial charge < -0.3 is 0 Å². The summed E-state index contributed by atoms with van der Waals surface area (Å²) in [6.07, 6.45) is 19.5. The molecule has 0 fully saturated rings. The lowest BCUT2D eigenvalue weighted by Gasteiger charge is -2.37. The highest BCUT2D eigenvalue weighted by Crippen LogP contribution is 2.52. The summed E-state index contributed by atoms with van der Waals surface area (Å²) >= 11 is 0. The SMILES string of the molecule is C1=CC2=C(c3ccc(-c4cc(-c5ccccc5)c(-c5ccccc5)c(-c5ccccc5)c4-c4ccccc4)cc3)C=C3CC=CC4=C3C2C(=C1)C=C4. The van der Waals surface area contributed by atoms with E-state index in [2.05, 4.69) is 200 Å². The fraction of sp³-hybridized carbons (Fsp3) is 0.0385. The molecule has 0 spiro atoms. The minimum absolute atomic E-state index is 0.307. The second kappa shape index (κ2) is 12.7. The van der Waals surface area contributed by atoms with Crippen molar-refractivity contribution < 1.29 is 0 Å². The van der Waals surface area contributed by atoms with Crippen LogP contribution in [0.15, 0.2) is 228 Å². The van der Waals surface area contributed by atoms with Crippen molar-refractivity contribution in [3.63, 3.8) is 0 Å². The van der Waals surface area contributed by atoms with Gasteiger partial charge in [-0.25, -0.2) is 0 Å². The molecule has 0 radical (unpaired) electrons. The van der Waals surface area contributed by atoms with Crippen LogP contribution in [0.1, 0.15) is 12.0 Å². The van der Waals surface area contributed by atoms with E-state index in [9.17, 15) is 0 Å². The lowest BCUT2D eigenvalue weighted by molar-refractivity contribution is 0.836. The standard InChI is InChI=1S/C52H36/c1-5-15-35(16-6-1)46-34-47(51(39-19-9-3-10-20-39)52(40-21-11-4-12-22-40)50(46)38-17-7-2-8-18-38)37-29-27-36(28-30-37)45-33-43-25-13-23-41-31-32-42-24-14-26-44(45)49(42)48(41)43/h1-24,26-34,49H,25H2. The Kier molecular flexibility index (Phi) is 7.40. The summed E-state index contributed by atoms with van der Waals surface area (Å²) in [7, 11) is 0. The van der Waals surface area contributed by atoms with Gasteiger partial charge in [0, 0.05) is 5.92 Å². The highest BCUT2D eigenvalue weighted by atomic mass is 14.4. The van der Waals surface area contributed by atoms with E-state index >= 15 is 0 Å². The van der Waals surface area contributed by atoms with Crippen LogP contribution < -0.4 is 0 Å². The summed E-state index contributed by atoms with van der Waals surface area (Å²) < 4.78 is 0. The number of hydrogen-bond acceptors (Lipinski definition) is 0. The van der Waals surface area contributed by atoms with Crippen molar-refractivity contribution in [1.29, 1.82) is 0 Å². The molecule has 0 amide bonds. The number of benzene rings is 6. The third-order valence-corrected chi connectivity index (χ3v) is 11.0. The fourth-order valence-corrected chi connectivity index (χ4v) is 8.67. The molecule has 0 heteroatoms. The minimum atomic E-state index is 0.307. The molecule has 1 atom stereocenters. The molecule has 6 aromatic carbocycles. The van der Waals surface area contributed by atoms with E-state index in [1.54, 1.807) is 0 Å². The molecule has 0 N–H and O–H groups in total. The van der Waals surface area contributed by atoms with E-state index in [-0.39, 0.29) is 0 Å². The monoisotopic (exact) mass is 660 g/mol. The van der Waals surface area contributed by atoms with Crippen LogP contribution in [0.5, 0.6) is 0 Å². The van der Waals surface area contributed by atoms with Crippen LogP contribution in [0.25, 0.3) is 61.2 Å². The van der Waals surface area contributed by atoms with Gasteiger partial charge in [0.2, 0.25) is 0 Å². The van der Waals surface area contributed by atoms with Gasteiger partial charge in [0.15, 0.2) is 0 Å². The van der Waals surface area contributed by atoms with E-state index in [1.807, 2.05) is 0 Å². The Hall–Kier alpha value is -6.50. The molecular formula is C52H36. The number of allylic oxidation sites excluding steroid dienone is 14. The maximum Gasteiger partial charge on any atom is 0.0354 e. The van der Waals surface area contributed by atoms with Crippen LogP contribution in [0, 0.1) is 5.92 Å². The molecule has 10 rings (SSSR count). The van der Waals surface area contributed by atoms with Crippen molar-refractivity contribution in [3.05, 3.63) is 234 Å². The zero-order valence-electron chi connectivity index (χ0n) is 28.8. The van der Waals surface area contributed by atoms with Crippen LogP contribution in [0.3, 0.4) is 0 Å². The Labute approximate surface area is 306 Å². The third-order valence-electron chi connectivity index (χ3n) is 11.0. The predicted octanol–water partition coefficient (Wildman–Crippen LogP) is 13.7. The first-order valence-corrected chi connectivity index (χ1v) is 18.3. The summed E-state index contributed by atoms with van der Waals surface area (Å²) in [5.41, 5.74) is 21.9. The zero-order chi connectivity index (χ0) is 34.4. The molecule has 1 unspecified atom stereocenters. The fourth-order valence-electron chi connectivity index (χ4n) is 8.67. The maximum absolute atomic E-state index is 2.46. The molecule has 0 nitrogen and oxygen atoms in total. The third kappa shape index (κ3) is 5.07. The Morgan fingerprint density at radius 3 is 1.56 bits per heavy atom. The van der Waals surface area contributed by atoms with E-state index in [0.717, 1.165) is 6.42 Å². The smallest absolute Gasteiger partial charge is 0.0354 e. The number of hydrogen-bond donors (Lipinski definition) is 0. The normalized spacial score (nSPS) is 16.8. The van der Waals surface area contributed by atoms with Crippen molar-refractivity contribution in [3.8, 4) is 55.6 Å². The van der Waals surface area contributed by atoms with E-state index in [0.29, 0.717) is 5.92 Å². The first-order valence-electron chi connectivity index (χ1n) is 18.3. The lowest BCUT2D eigenvalue weighted by Crippen LogP contribution is -2.22. The Balaban J connectivity index is 1.22. The second-order valence-corrected chi connectivity index (χ2v) is 13.9. The predicted molar refractivity (Wildman–Crippen MR) is 219 cm³/mol. The van der Waals surface area contributed by atoms with Gasteiger partial charge in [0.05, 0.1) is 0 Å². The summed E-state index contributed by atoms with van der Waals surface area (Å²) in [4.78, 5) is 0. The van der Waals surface area contributed by atoms with Crippen molar-refractivity contribution in [1.82, 2.24) is 0 Å². The Morgan fingerprint density at radius 1 is 0.442 bits per heavy atom. The van der Waals surface area contributed by atoms with E-state index < -0.39 is 0 Å². The van der Waals surface area contributed by atoms with Gasteiger partial charge in [-0.15, -0.1) is 0 Å². The number of rotatable bonds is 6. The first kappa shape index (κ1) is 30.3. The quantitative estimate of drug-likeness (QED) is 0.167. The van der Waals surface area contributed by atoms with Gasteiger partial charge in [-0.2, -0.15) is 0 Å². The van der Waals surface area contributed by atoms with Crippen LogP contribution in [-0.4, -0.2) is 0 Å². The molecule has 4 aliphatic rings. The van der Waals surface area contributed by atoms with Crippen molar-refractivity contribution in [2.45, 2.75) is 6.42 Å². The van der Waals surface area contributed by atoms with Crippen molar-refractivity contribution >= 4 is 5.57 Å². The molecule has 244 valence electrons.